The van der Waals surface area contributed by atoms with Crippen LogP contribution in [-0.4, -0.2) is 70.9 Å². The van der Waals surface area contributed by atoms with Gasteiger partial charge < -0.3 is 28.9 Å². The summed E-state index contributed by atoms with van der Waals surface area (Å²) in [5.74, 6) is 0.312. The molecule has 4 aromatic carbocycles. The number of nitrogens with zero attached hydrogens (tertiary/aromatic N) is 5. The molecule has 1 atom stereocenters. The lowest BCUT2D eigenvalue weighted by Crippen LogP contribution is -2.43. The van der Waals surface area contributed by atoms with Gasteiger partial charge in [-0.3, -0.25) is 9.59 Å². The molecule has 0 N–H and O–H groups in total. The van der Waals surface area contributed by atoms with E-state index in [9.17, 15) is 14.4 Å². The Balaban J connectivity index is 1.24. The highest BCUT2D eigenvalue weighted by atomic mass is 16.6. The van der Waals surface area contributed by atoms with Crippen molar-refractivity contribution < 1.29 is 19.1 Å². The molecule has 9 nitrogen and oxygen atoms in total. The summed E-state index contributed by atoms with van der Waals surface area (Å²) in [7, 11) is 7.73. The highest BCUT2D eigenvalue weighted by Gasteiger charge is 2.32. The van der Waals surface area contributed by atoms with Crippen molar-refractivity contribution >= 4 is 23.6 Å². The van der Waals surface area contributed by atoms with Crippen LogP contribution in [0.5, 0.6) is 5.75 Å². The predicted molar refractivity (Wildman–Crippen MR) is 208 cm³/mol. The standard InChI is InChI=1S/C44H47N5O4/c1-29-21-32-14-10-11-15-34(32)28-49(29)43(51)40-24-35-27-48(44(52)53-37-18-12-13-31(22-37)26-45(3)4)20-19-33(35)23-39(40)41-25-38(30(2)46(41)5)42(50)47(6)36-16-8-7-9-17-36/h7-18,22-25,29H,19-21,26-28H2,1-6H3/t29-/m1/s1. The molecule has 3 amide bonds. The fraction of sp³-hybridized carbons (Fsp3) is 0.295. The highest BCUT2D eigenvalue weighted by Crippen LogP contribution is 2.36. The Morgan fingerprint density at radius 2 is 1.53 bits per heavy atom. The SMILES string of the molecule is Cc1c(C(=O)N(C)c2ccccc2)cc(-c2cc3c(cc2C(=O)N2Cc4ccccc4C[C@H]2C)CN(C(=O)Oc2cccc(CN(C)C)c2)CC3)n1C. The second-order valence-corrected chi connectivity index (χ2v) is 14.6. The van der Waals surface area contributed by atoms with Gasteiger partial charge in [-0.15, -0.1) is 0 Å². The van der Waals surface area contributed by atoms with Gasteiger partial charge in [0, 0.05) is 74.5 Å². The van der Waals surface area contributed by atoms with E-state index in [0.29, 0.717) is 42.9 Å². The zero-order chi connectivity index (χ0) is 37.4. The number of rotatable bonds is 7. The first-order chi connectivity index (χ1) is 25.5. The number of carbonyl (C=O) groups is 3. The molecule has 1 aromatic heterocycles. The molecule has 0 saturated heterocycles. The van der Waals surface area contributed by atoms with Gasteiger partial charge in [0.2, 0.25) is 0 Å². The Morgan fingerprint density at radius 1 is 0.792 bits per heavy atom. The molecule has 2 aliphatic heterocycles. The van der Waals surface area contributed by atoms with Crippen LogP contribution in [0.2, 0.25) is 0 Å². The van der Waals surface area contributed by atoms with Gasteiger partial charge in [0.05, 0.1) is 5.56 Å². The summed E-state index contributed by atoms with van der Waals surface area (Å²) in [6.45, 7) is 6.09. The predicted octanol–water partition coefficient (Wildman–Crippen LogP) is 7.48. The van der Waals surface area contributed by atoms with Crippen molar-refractivity contribution in [3.63, 3.8) is 0 Å². The lowest BCUT2D eigenvalue weighted by molar-refractivity contribution is 0.0658. The van der Waals surface area contributed by atoms with Crippen molar-refractivity contribution in [2.75, 3.05) is 32.6 Å². The van der Waals surface area contributed by atoms with Crippen molar-refractivity contribution in [2.24, 2.45) is 7.05 Å². The van der Waals surface area contributed by atoms with E-state index in [-0.39, 0.29) is 17.9 Å². The molecule has 53 heavy (non-hydrogen) atoms. The molecule has 3 heterocycles. The Bertz CT molecular complexity index is 2190. The summed E-state index contributed by atoms with van der Waals surface area (Å²) >= 11 is 0. The molecule has 0 bridgehead atoms. The second-order valence-electron chi connectivity index (χ2n) is 14.6. The van der Waals surface area contributed by atoms with Crippen molar-refractivity contribution in [3.8, 4) is 17.0 Å². The van der Waals surface area contributed by atoms with Gasteiger partial charge in [-0.05, 0) is 111 Å². The van der Waals surface area contributed by atoms with Gasteiger partial charge in [-0.1, -0.05) is 54.6 Å². The first-order valence-electron chi connectivity index (χ1n) is 18.2. The van der Waals surface area contributed by atoms with E-state index in [4.69, 9.17) is 4.74 Å². The fourth-order valence-electron chi connectivity index (χ4n) is 7.62. The average Bonchev–Trinajstić information content (AvgIpc) is 3.45. The quantitative estimate of drug-likeness (QED) is 0.175. The summed E-state index contributed by atoms with van der Waals surface area (Å²) in [5, 5.41) is 0. The number of benzene rings is 4. The summed E-state index contributed by atoms with van der Waals surface area (Å²) in [6.07, 6.45) is 0.955. The lowest BCUT2D eigenvalue weighted by Gasteiger charge is -2.36. The van der Waals surface area contributed by atoms with E-state index >= 15 is 0 Å². The van der Waals surface area contributed by atoms with Crippen molar-refractivity contribution in [1.82, 2.24) is 19.3 Å². The zero-order valence-electron chi connectivity index (χ0n) is 31.4. The van der Waals surface area contributed by atoms with Gasteiger partial charge in [-0.25, -0.2) is 4.79 Å². The second kappa shape index (κ2) is 14.8. The monoisotopic (exact) mass is 709 g/mol. The minimum Gasteiger partial charge on any atom is -0.410 e. The first kappa shape index (κ1) is 35.7. The van der Waals surface area contributed by atoms with Crippen LogP contribution in [0, 0.1) is 6.92 Å². The number of amides is 3. The Hall–Kier alpha value is -5.67. The number of hydrogen-bond donors (Lipinski definition) is 0. The van der Waals surface area contributed by atoms with Crippen LogP contribution in [0.1, 0.15) is 61.2 Å². The van der Waals surface area contributed by atoms with E-state index in [1.807, 2.05) is 110 Å². The highest BCUT2D eigenvalue weighted by molar-refractivity contribution is 6.08. The van der Waals surface area contributed by atoms with Crippen LogP contribution in [-0.2, 0) is 39.5 Å². The van der Waals surface area contributed by atoms with Crippen molar-refractivity contribution in [3.05, 3.63) is 142 Å². The third-order valence-electron chi connectivity index (χ3n) is 10.7. The molecule has 5 aromatic rings. The number of fused-ring (bicyclic) bond motifs is 2. The number of para-hydroxylation sites is 1. The number of hydrogen-bond acceptors (Lipinski definition) is 5. The van der Waals surface area contributed by atoms with Gasteiger partial charge in [0.15, 0.2) is 0 Å². The van der Waals surface area contributed by atoms with Gasteiger partial charge >= 0.3 is 6.09 Å². The van der Waals surface area contributed by atoms with Crippen LogP contribution in [0.3, 0.4) is 0 Å². The zero-order valence-corrected chi connectivity index (χ0v) is 31.4. The molecule has 0 saturated carbocycles. The molecular weight excluding hydrogens is 663 g/mol. The number of carbonyl (C=O) groups excluding carboxylic acids is 3. The normalized spacial score (nSPS) is 15.2. The number of aromatic nitrogens is 1. The first-order valence-corrected chi connectivity index (χ1v) is 18.2. The molecule has 9 heteroatoms. The maximum absolute atomic E-state index is 14.8. The maximum Gasteiger partial charge on any atom is 0.415 e. The van der Waals surface area contributed by atoms with Crippen LogP contribution < -0.4 is 9.64 Å². The minimum absolute atomic E-state index is 0.0113. The Morgan fingerprint density at radius 3 is 2.28 bits per heavy atom. The Labute approximate surface area is 312 Å². The third kappa shape index (κ3) is 7.22. The molecule has 0 spiro atoms. The summed E-state index contributed by atoms with van der Waals surface area (Å²) in [5.41, 5.74) is 9.77. The number of ether oxygens (including phenoxy) is 1. The van der Waals surface area contributed by atoms with E-state index in [1.54, 1.807) is 22.9 Å². The molecule has 0 unspecified atom stereocenters. The molecule has 7 rings (SSSR count). The van der Waals surface area contributed by atoms with Crippen LogP contribution in [0.15, 0.2) is 97.1 Å². The van der Waals surface area contributed by atoms with E-state index in [0.717, 1.165) is 57.9 Å². The molecule has 272 valence electrons. The van der Waals surface area contributed by atoms with Crippen molar-refractivity contribution in [1.29, 1.82) is 0 Å². The van der Waals surface area contributed by atoms with Crippen molar-refractivity contribution in [2.45, 2.75) is 52.4 Å². The summed E-state index contributed by atoms with van der Waals surface area (Å²) < 4.78 is 7.87. The van der Waals surface area contributed by atoms with Crippen LogP contribution in [0.25, 0.3) is 11.3 Å². The van der Waals surface area contributed by atoms with E-state index in [2.05, 4.69) is 30.0 Å². The largest absolute Gasteiger partial charge is 0.415 e. The topological polar surface area (TPSA) is 78.3 Å². The minimum atomic E-state index is -0.417. The van der Waals surface area contributed by atoms with Gasteiger partial charge in [0.1, 0.15) is 5.75 Å². The summed E-state index contributed by atoms with van der Waals surface area (Å²) in [4.78, 5) is 49.6. The summed E-state index contributed by atoms with van der Waals surface area (Å²) in [6, 6.07) is 31.5. The smallest absolute Gasteiger partial charge is 0.410 e. The maximum atomic E-state index is 14.8. The molecule has 0 radical (unpaired) electrons. The van der Waals surface area contributed by atoms with Crippen LogP contribution in [0.4, 0.5) is 10.5 Å². The van der Waals surface area contributed by atoms with Crippen LogP contribution >= 0.6 is 0 Å². The molecular formula is C44H47N5O4. The third-order valence-corrected chi connectivity index (χ3v) is 10.7. The Kier molecular flexibility index (Phi) is 9.94. The van der Waals surface area contributed by atoms with Gasteiger partial charge in [0.25, 0.3) is 11.8 Å². The molecule has 0 aliphatic carbocycles. The number of anilines is 1. The fourth-order valence-corrected chi connectivity index (χ4v) is 7.62. The lowest BCUT2D eigenvalue weighted by atomic mass is 9.90. The molecule has 2 aliphatic rings. The van der Waals surface area contributed by atoms with E-state index in [1.165, 1.54) is 5.56 Å². The molecule has 0 fully saturated rings. The van der Waals surface area contributed by atoms with E-state index < -0.39 is 6.09 Å². The van der Waals surface area contributed by atoms with Gasteiger partial charge in [-0.2, -0.15) is 0 Å². The average molecular weight is 710 g/mol.